The molecule has 0 spiro atoms. The van der Waals surface area contributed by atoms with Crippen molar-refractivity contribution in [2.24, 2.45) is 13.0 Å². The highest BCUT2D eigenvalue weighted by Gasteiger charge is 2.12. The van der Waals surface area contributed by atoms with Crippen LogP contribution in [0.25, 0.3) is 0 Å². The van der Waals surface area contributed by atoms with Crippen LogP contribution in [0.4, 0.5) is 0 Å². The van der Waals surface area contributed by atoms with Crippen molar-refractivity contribution in [1.82, 2.24) is 15.1 Å². The zero-order valence-electron chi connectivity index (χ0n) is 10.9. The first kappa shape index (κ1) is 14.2. The molecule has 0 saturated heterocycles. The molecular formula is C12H19N3O3. The van der Waals surface area contributed by atoms with Crippen LogP contribution in [0.2, 0.25) is 0 Å². The van der Waals surface area contributed by atoms with Gasteiger partial charge in [-0.2, -0.15) is 5.10 Å². The van der Waals surface area contributed by atoms with Crippen LogP contribution >= 0.6 is 0 Å². The number of carbonyl (C=O) groups excluding carboxylic acids is 1. The minimum atomic E-state index is -0.802. The minimum Gasteiger partial charge on any atom is -0.481 e. The van der Waals surface area contributed by atoms with Gasteiger partial charge in [-0.05, 0) is 25.8 Å². The number of rotatable bonds is 6. The van der Waals surface area contributed by atoms with Gasteiger partial charge in [0.05, 0.1) is 11.6 Å². The Bertz CT molecular complexity index is 440. The standard InChI is InChI=1S/C12H19N3O3/c1-8(12(17)18)5-4-6-13-11(16)10-7-9(2)14-15(10)3/h7-8H,4-6H2,1-3H3,(H,13,16)(H,17,18). The molecule has 6 nitrogen and oxygen atoms in total. The van der Waals surface area contributed by atoms with E-state index in [1.165, 1.54) is 4.68 Å². The number of aliphatic carboxylic acids is 1. The molecule has 0 aliphatic carbocycles. The second-order valence-corrected chi connectivity index (χ2v) is 4.43. The highest BCUT2D eigenvalue weighted by Crippen LogP contribution is 2.05. The van der Waals surface area contributed by atoms with E-state index in [1.807, 2.05) is 6.92 Å². The summed E-state index contributed by atoms with van der Waals surface area (Å²) >= 11 is 0. The Kier molecular flexibility index (Phi) is 4.88. The number of carbonyl (C=O) groups is 2. The van der Waals surface area contributed by atoms with Gasteiger partial charge in [0, 0.05) is 13.6 Å². The molecule has 2 N–H and O–H groups in total. The Morgan fingerprint density at radius 3 is 2.72 bits per heavy atom. The number of aryl methyl sites for hydroxylation is 2. The number of carboxylic acids is 1. The van der Waals surface area contributed by atoms with Crippen LogP contribution in [-0.4, -0.2) is 33.3 Å². The van der Waals surface area contributed by atoms with Crippen LogP contribution in [0.15, 0.2) is 6.07 Å². The molecule has 1 heterocycles. The third kappa shape index (κ3) is 3.87. The van der Waals surface area contributed by atoms with Gasteiger partial charge in [-0.1, -0.05) is 6.92 Å². The first-order valence-electron chi connectivity index (χ1n) is 5.93. The Hall–Kier alpha value is -1.85. The van der Waals surface area contributed by atoms with E-state index in [1.54, 1.807) is 20.0 Å². The summed E-state index contributed by atoms with van der Waals surface area (Å²) in [4.78, 5) is 22.4. The van der Waals surface area contributed by atoms with Gasteiger partial charge >= 0.3 is 5.97 Å². The number of aromatic nitrogens is 2. The lowest BCUT2D eigenvalue weighted by atomic mass is 10.1. The quantitative estimate of drug-likeness (QED) is 0.739. The number of hydrogen-bond donors (Lipinski definition) is 2. The van der Waals surface area contributed by atoms with E-state index in [4.69, 9.17) is 5.11 Å². The van der Waals surface area contributed by atoms with Crippen molar-refractivity contribution in [2.75, 3.05) is 6.54 Å². The second-order valence-electron chi connectivity index (χ2n) is 4.43. The predicted molar refractivity (Wildman–Crippen MR) is 66.3 cm³/mol. The Balaban J connectivity index is 2.34. The van der Waals surface area contributed by atoms with Gasteiger partial charge in [0.15, 0.2) is 0 Å². The van der Waals surface area contributed by atoms with E-state index in [0.717, 1.165) is 5.69 Å². The molecule has 0 fully saturated rings. The molecule has 1 rings (SSSR count). The van der Waals surface area contributed by atoms with Crippen molar-refractivity contribution < 1.29 is 14.7 Å². The Morgan fingerprint density at radius 2 is 2.22 bits per heavy atom. The normalized spacial score (nSPS) is 12.2. The van der Waals surface area contributed by atoms with E-state index < -0.39 is 5.97 Å². The SMILES string of the molecule is Cc1cc(C(=O)NCCCC(C)C(=O)O)n(C)n1. The fourth-order valence-electron chi connectivity index (χ4n) is 1.65. The molecule has 6 heteroatoms. The van der Waals surface area contributed by atoms with Crippen molar-refractivity contribution in [1.29, 1.82) is 0 Å². The number of amides is 1. The summed E-state index contributed by atoms with van der Waals surface area (Å²) in [5, 5.41) is 15.6. The van der Waals surface area contributed by atoms with Crippen molar-refractivity contribution in [3.8, 4) is 0 Å². The van der Waals surface area contributed by atoms with E-state index in [0.29, 0.717) is 25.1 Å². The van der Waals surface area contributed by atoms with Gasteiger partial charge in [0.1, 0.15) is 5.69 Å². The third-order valence-corrected chi connectivity index (χ3v) is 2.76. The molecule has 0 aliphatic rings. The van der Waals surface area contributed by atoms with Crippen LogP contribution in [0.3, 0.4) is 0 Å². The number of hydrogen-bond acceptors (Lipinski definition) is 3. The Labute approximate surface area is 106 Å². The first-order chi connectivity index (χ1) is 8.41. The third-order valence-electron chi connectivity index (χ3n) is 2.76. The summed E-state index contributed by atoms with van der Waals surface area (Å²) in [6.45, 7) is 3.96. The zero-order valence-corrected chi connectivity index (χ0v) is 10.9. The smallest absolute Gasteiger partial charge is 0.306 e. The molecule has 100 valence electrons. The first-order valence-corrected chi connectivity index (χ1v) is 5.93. The van der Waals surface area contributed by atoms with Crippen molar-refractivity contribution >= 4 is 11.9 Å². The molecule has 1 aromatic heterocycles. The highest BCUT2D eigenvalue weighted by atomic mass is 16.4. The monoisotopic (exact) mass is 253 g/mol. The van der Waals surface area contributed by atoms with Crippen molar-refractivity contribution in [3.05, 3.63) is 17.5 Å². The van der Waals surface area contributed by atoms with Gasteiger partial charge in [-0.3, -0.25) is 14.3 Å². The molecular weight excluding hydrogens is 234 g/mol. The van der Waals surface area contributed by atoms with Gasteiger partial charge in [-0.25, -0.2) is 0 Å². The molecule has 1 amide bonds. The molecule has 1 atom stereocenters. The lowest BCUT2D eigenvalue weighted by Crippen LogP contribution is -2.27. The summed E-state index contributed by atoms with van der Waals surface area (Å²) in [5.74, 6) is -1.36. The van der Waals surface area contributed by atoms with E-state index in [9.17, 15) is 9.59 Å². The summed E-state index contributed by atoms with van der Waals surface area (Å²) < 4.78 is 1.53. The molecule has 1 unspecified atom stereocenters. The van der Waals surface area contributed by atoms with Gasteiger partial charge in [0.2, 0.25) is 0 Å². The average molecular weight is 253 g/mol. The fraction of sp³-hybridized carbons (Fsp3) is 0.583. The number of nitrogens with one attached hydrogen (secondary N) is 1. The average Bonchev–Trinajstić information content (AvgIpc) is 2.63. The molecule has 18 heavy (non-hydrogen) atoms. The fourth-order valence-corrected chi connectivity index (χ4v) is 1.65. The summed E-state index contributed by atoms with van der Waals surface area (Å²) in [6.07, 6.45) is 1.20. The summed E-state index contributed by atoms with van der Waals surface area (Å²) in [5.41, 5.74) is 1.31. The van der Waals surface area contributed by atoms with Crippen LogP contribution < -0.4 is 5.32 Å². The summed E-state index contributed by atoms with van der Waals surface area (Å²) in [7, 11) is 1.72. The molecule has 0 bridgehead atoms. The van der Waals surface area contributed by atoms with Gasteiger partial charge < -0.3 is 10.4 Å². The molecule has 0 radical (unpaired) electrons. The lowest BCUT2D eigenvalue weighted by molar-refractivity contribution is -0.141. The topological polar surface area (TPSA) is 84.2 Å². The van der Waals surface area contributed by atoms with E-state index >= 15 is 0 Å². The maximum Gasteiger partial charge on any atom is 0.306 e. The zero-order chi connectivity index (χ0) is 13.7. The second kappa shape index (κ2) is 6.18. The van der Waals surface area contributed by atoms with Gasteiger partial charge in [-0.15, -0.1) is 0 Å². The van der Waals surface area contributed by atoms with Crippen LogP contribution in [0, 0.1) is 12.8 Å². The van der Waals surface area contributed by atoms with Crippen molar-refractivity contribution in [2.45, 2.75) is 26.7 Å². The Morgan fingerprint density at radius 1 is 1.56 bits per heavy atom. The largest absolute Gasteiger partial charge is 0.481 e. The maximum absolute atomic E-state index is 11.8. The van der Waals surface area contributed by atoms with E-state index in [2.05, 4.69) is 10.4 Å². The molecule has 0 aromatic carbocycles. The van der Waals surface area contributed by atoms with Crippen LogP contribution in [0.1, 0.15) is 35.9 Å². The van der Waals surface area contributed by atoms with Crippen LogP contribution in [0.5, 0.6) is 0 Å². The number of nitrogens with zero attached hydrogens (tertiary/aromatic N) is 2. The highest BCUT2D eigenvalue weighted by molar-refractivity contribution is 5.92. The molecule has 0 saturated carbocycles. The predicted octanol–water partition coefficient (Wildman–Crippen LogP) is 0.959. The number of carboxylic acid groups (broad SMARTS) is 1. The van der Waals surface area contributed by atoms with Gasteiger partial charge in [0.25, 0.3) is 5.91 Å². The van der Waals surface area contributed by atoms with Crippen molar-refractivity contribution in [3.63, 3.8) is 0 Å². The minimum absolute atomic E-state index is 0.180. The molecule has 0 aliphatic heterocycles. The van der Waals surface area contributed by atoms with E-state index in [-0.39, 0.29) is 11.8 Å². The maximum atomic E-state index is 11.8. The molecule has 1 aromatic rings. The summed E-state index contributed by atoms with van der Waals surface area (Å²) in [6, 6.07) is 1.72. The lowest BCUT2D eigenvalue weighted by Gasteiger charge is -2.07. The van der Waals surface area contributed by atoms with Crippen LogP contribution in [-0.2, 0) is 11.8 Å².